The number of amidine groups is 1. The highest BCUT2D eigenvalue weighted by Gasteiger charge is 2.50. The third kappa shape index (κ3) is 4.84. The molecule has 33 heavy (non-hydrogen) atoms. The molecule has 0 aromatic heterocycles. The van der Waals surface area contributed by atoms with Gasteiger partial charge in [0.1, 0.15) is 0 Å². The molecule has 3 aliphatic carbocycles. The molecule has 2 saturated heterocycles. The molecular formula is C27H46N4O2. The van der Waals surface area contributed by atoms with E-state index < -0.39 is 0 Å². The number of rotatable bonds is 5. The zero-order valence-electron chi connectivity index (χ0n) is 20.5. The Morgan fingerprint density at radius 3 is 2.42 bits per heavy atom. The van der Waals surface area contributed by atoms with Gasteiger partial charge >= 0.3 is 0 Å². The zero-order valence-corrected chi connectivity index (χ0v) is 20.5. The van der Waals surface area contributed by atoms with Crippen molar-refractivity contribution in [2.75, 3.05) is 26.2 Å². The normalized spacial score (nSPS) is 40.3. The lowest BCUT2D eigenvalue weighted by Gasteiger charge is -2.46. The summed E-state index contributed by atoms with van der Waals surface area (Å²) in [6.07, 6.45) is 15.7. The second-order valence-corrected chi connectivity index (χ2v) is 12.1. The Balaban J connectivity index is 1.34. The van der Waals surface area contributed by atoms with Crippen molar-refractivity contribution in [1.82, 2.24) is 9.80 Å². The van der Waals surface area contributed by atoms with Gasteiger partial charge in [0.2, 0.25) is 5.91 Å². The minimum absolute atomic E-state index is 0.0142. The highest BCUT2D eigenvalue weighted by Crippen LogP contribution is 2.47. The molecule has 0 aromatic rings. The van der Waals surface area contributed by atoms with Crippen molar-refractivity contribution in [3.63, 3.8) is 0 Å². The van der Waals surface area contributed by atoms with Crippen LogP contribution >= 0.6 is 0 Å². The number of nitrogens with one attached hydrogen (secondary N) is 1. The Hall–Kier alpha value is -1.14. The Labute approximate surface area is 200 Å². The molecule has 2 aliphatic heterocycles. The summed E-state index contributed by atoms with van der Waals surface area (Å²) in [4.78, 5) is 18.6. The molecule has 5 rings (SSSR count). The number of nitrogens with two attached hydrogens (primary N) is 1. The highest BCUT2D eigenvalue weighted by molar-refractivity contribution is 5.83. The Morgan fingerprint density at radius 2 is 1.67 bits per heavy atom. The monoisotopic (exact) mass is 458 g/mol. The van der Waals surface area contributed by atoms with E-state index in [1.165, 1.54) is 44.9 Å². The van der Waals surface area contributed by atoms with Crippen molar-refractivity contribution in [2.45, 2.75) is 95.6 Å². The summed E-state index contributed by atoms with van der Waals surface area (Å²) in [6.45, 7) is 2.93. The molecule has 5 fully saturated rings. The van der Waals surface area contributed by atoms with Crippen molar-refractivity contribution in [3.8, 4) is 0 Å². The van der Waals surface area contributed by atoms with E-state index in [0.29, 0.717) is 29.6 Å². The van der Waals surface area contributed by atoms with Crippen LogP contribution in [0, 0.1) is 40.9 Å². The molecule has 1 amide bonds. The number of carbonyl (C=O) groups is 1. The Morgan fingerprint density at radius 1 is 0.909 bits per heavy atom. The zero-order chi connectivity index (χ0) is 22.9. The van der Waals surface area contributed by atoms with Crippen LogP contribution in [0.4, 0.5) is 0 Å². The van der Waals surface area contributed by atoms with Gasteiger partial charge < -0.3 is 15.7 Å². The molecule has 7 atom stereocenters. The van der Waals surface area contributed by atoms with E-state index in [2.05, 4.69) is 9.80 Å². The molecule has 0 bridgehead atoms. The summed E-state index contributed by atoms with van der Waals surface area (Å²) in [7, 11) is 0. The fraction of sp³-hybridized carbons (Fsp3) is 0.926. The molecule has 3 saturated carbocycles. The summed E-state index contributed by atoms with van der Waals surface area (Å²) in [5.41, 5.74) is 5.97. The second kappa shape index (κ2) is 10.2. The number of carbonyl (C=O) groups excluding carboxylic acids is 1. The maximum Gasteiger partial charge on any atom is 0.239 e. The maximum atomic E-state index is 13.8. The number of aliphatic hydroxyl groups is 1. The van der Waals surface area contributed by atoms with E-state index in [0.717, 1.165) is 75.9 Å². The standard InChI is InChI=1S/C27H46N4O2/c28-26(29)21-9-8-20-14-25(27(33)30-12-10-18(17-32)11-13-30)31(24(20)15-21)16-22-6-3-5-19-4-1-2-7-23(19)22/h18-25,32H,1-17H2,(H3,28,29). The summed E-state index contributed by atoms with van der Waals surface area (Å²) >= 11 is 0. The SMILES string of the molecule is N=C(N)C1CCC2CC(C(=O)N3CCC(CO)CC3)N(CC3CCCC4CCCCC43)C2C1. The quantitative estimate of drug-likeness (QED) is 0.433. The average molecular weight is 459 g/mol. The summed E-state index contributed by atoms with van der Waals surface area (Å²) in [5.74, 6) is 4.32. The van der Waals surface area contributed by atoms with Gasteiger partial charge in [0, 0.05) is 38.2 Å². The lowest BCUT2D eigenvalue weighted by atomic mass is 9.65. The fourth-order valence-corrected chi connectivity index (χ4v) is 8.45. The van der Waals surface area contributed by atoms with E-state index in [4.69, 9.17) is 11.1 Å². The molecule has 0 spiro atoms. The van der Waals surface area contributed by atoms with Crippen molar-refractivity contribution in [3.05, 3.63) is 0 Å². The summed E-state index contributed by atoms with van der Waals surface area (Å²) in [6, 6.07) is 0.431. The van der Waals surface area contributed by atoms with Crippen LogP contribution in [0.25, 0.3) is 0 Å². The molecule has 4 N–H and O–H groups in total. The van der Waals surface area contributed by atoms with Crippen molar-refractivity contribution >= 4 is 11.7 Å². The number of hydrogen-bond donors (Lipinski definition) is 3. The average Bonchev–Trinajstić information content (AvgIpc) is 3.21. The first-order valence-corrected chi connectivity index (χ1v) is 14.0. The molecule has 6 heteroatoms. The number of hydrogen-bond acceptors (Lipinski definition) is 4. The minimum Gasteiger partial charge on any atom is -0.396 e. The van der Waals surface area contributed by atoms with E-state index in [-0.39, 0.29) is 18.6 Å². The first kappa shape index (κ1) is 23.6. The van der Waals surface area contributed by atoms with Crippen molar-refractivity contribution < 1.29 is 9.90 Å². The number of aliphatic hydroxyl groups excluding tert-OH is 1. The van der Waals surface area contributed by atoms with Crippen LogP contribution in [0.3, 0.4) is 0 Å². The molecule has 6 nitrogen and oxygen atoms in total. The van der Waals surface area contributed by atoms with E-state index in [1.54, 1.807) is 0 Å². The molecule has 5 aliphatic rings. The number of likely N-dealkylation sites (tertiary alicyclic amines) is 2. The Kier molecular flexibility index (Phi) is 7.31. The van der Waals surface area contributed by atoms with E-state index >= 15 is 0 Å². The number of fused-ring (bicyclic) bond motifs is 2. The Bertz CT molecular complexity index is 704. The second-order valence-electron chi connectivity index (χ2n) is 12.1. The van der Waals surface area contributed by atoms with Crippen LogP contribution in [0.5, 0.6) is 0 Å². The van der Waals surface area contributed by atoms with Crippen LogP contribution in [0.15, 0.2) is 0 Å². The largest absolute Gasteiger partial charge is 0.396 e. The smallest absolute Gasteiger partial charge is 0.239 e. The third-order valence-corrected chi connectivity index (χ3v) is 10.4. The van der Waals surface area contributed by atoms with Crippen LogP contribution in [0.2, 0.25) is 0 Å². The lowest BCUT2D eigenvalue weighted by molar-refractivity contribution is -0.138. The molecule has 186 valence electrons. The van der Waals surface area contributed by atoms with Crippen LogP contribution in [0.1, 0.15) is 83.5 Å². The fourth-order valence-electron chi connectivity index (χ4n) is 8.45. The van der Waals surface area contributed by atoms with Gasteiger partial charge in [0.15, 0.2) is 0 Å². The van der Waals surface area contributed by atoms with Gasteiger partial charge in [-0.3, -0.25) is 15.1 Å². The van der Waals surface area contributed by atoms with Gasteiger partial charge in [0.05, 0.1) is 11.9 Å². The molecule has 7 unspecified atom stereocenters. The van der Waals surface area contributed by atoms with Crippen molar-refractivity contribution in [1.29, 1.82) is 5.41 Å². The van der Waals surface area contributed by atoms with Gasteiger partial charge in [0.25, 0.3) is 0 Å². The topological polar surface area (TPSA) is 93.6 Å². The van der Waals surface area contributed by atoms with Crippen LogP contribution in [-0.2, 0) is 4.79 Å². The lowest BCUT2D eigenvalue weighted by Crippen LogP contribution is -2.53. The first-order chi connectivity index (χ1) is 16.0. The van der Waals surface area contributed by atoms with Gasteiger partial charge in [-0.2, -0.15) is 0 Å². The first-order valence-electron chi connectivity index (χ1n) is 14.0. The number of piperidine rings is 1. The maximum absolute atomic E-state index is 13.8. The molecular weight excluding hydrogens is 412 g/mol. The summed E-state index contributed by atoms with van der Waals surface area (Å²) in [5, 5.41) is 17.6. The molecule has 0 radical (unpaired) electrons. The van der Waals surface area contributed by atoms with Gasteiger partial charge in [-0.05, 0) is 81.0 Å². The predicted molar refractivity (Wildman–Crippen MR) is 131 cm³/mol. The highest BCUT2D eigenvalue weighted by atomic mass is 16.3. The van der Waals surface area contributed by atoms with Gasteiger partial charge in [-0.15, -0.1) is 0 Å². The predicted octanol–water partition coefficient (Wildman–Crippen LogP) is 3.62. The van der Waals surface area contributed by atoms with Gasteiger partial charge in [-0.1, -0.05) is 32.1 Å². The van der Waals surface area contributed by atoms with Gasteiger partial charge in [-0.25, -0.2) is 0 Å². The third-order valence-electron chi connectivity index (χ3n) is 10.4. The molecule has 2 heterocycles. The molecule has 0 aromatic carbocycles. The van der Waals surface area contributed by atoms with E-state index in [9.17, 15) is 9.90 Å². The summed E-state index contributed by atoms with van der Waals surface area (Å²) < 4.78 is 0. The van der Waals surface area contributed by atoms with Crippen molar-refractivity contribution in [2.24, 2.45) is 41.2 Å². The minimum atomic E-state index is 0.0142. The van der Waals surface area contributed by atoms with Crippen LogP contribution in [-0.4, -0.2) is 65.0 Å². The van der Waals surface area contributed by atoms with E-state index in [1.807, 2.05) is 0 Å². The van der Waals surface area contributed by atoms with Crippen LogP contribution < -0.4 is 5.73 Å². The number of nitrogens with zero attached hydrogens (tertiary/aromatic N) is 2. The number of amides is 1.